The second-order valence-electron chi connectivity index (χ2n) is 4.25. The van der Waals surface area contributed by atoms with Crippen molar-refractivity contribution in [1.82, 2.24) is 0 Å². The quantitative estimate of drug-likeness (QED) is 0.164. The first-order valence-electron chi connectivity index (χ1n) is 7.01. The van der Waals surface area contributed by atoms with Crippen LogP contribution in [0.1, 0.15) is 58.3 Å². The van der Waals surface area contributed by atoms with Gasteiger partial charge in [0.25, 0.3) is 0 Å². The molecule has 2 nitrogen and oxygen atoms in total. The summed E-state index contributed by atoms with van der Waals surface area (Å²) in [5.41, 5.74) is 0. The molecule has 0 aliphatic carbocycles. The van der Waals surface area contributed by atoms with Crippen LogP contribution in [0.3, 0.4) is 0 Å². The first-order valence-corrected chi connectivity index (χ1v) is 7.01. The van der Waals surface area contributed by atoms with E-state index in [-0.39, 0.29) is 40.0 Å². The van der Waals surface area contributed by atoms with Crippen molar-refractivity contribution in [1.29, 1.82) is 0 Å². The van der Waals surface area contributed by atoms with Crippen LogP contribution in [-0.2, 0) is 9.47 Å². The van der Waals surface area contributed by atoms with Crippen LogP contribution in [-0.4, -0.2) is 43.1 Å². The van der Waals surface area contributed by atoms with E-state index < -0.39 is 0 Å². The first-order chi connectivity index (χ1) is 8.41. The van der Waals surface area contributed by atoms with E-state index in [0.717, 1.165) is 32.5 Å². The van der Waals surface area contributed by atoms with Crippen molar-refractivity contribution in [3.05, 3.63) is 19.1 Å². The molecule has 0 aromatic carbocycles. The molecule has 0 N–H and O–H groups in total. The molecule has 0 amide bonds. The van der Waals surface area contributed by atoms with Gasteiger partial charge in [-0.05, 0) is 12.8 Å². The van der Waals surface area contributed by atoms with E-state index in [1.54, 1.807) is 0 Å². The Balaban J connectivity index is -0.00000128. The molecular weight excluding hydrogens is 316 g/mol. The summed E-state index contributed by atoms with van der Waals surface area (Å²) in [4.78, 5) is 0. The van der Waals surface area contributed by atoms with E-state index in [4.69, 9.17) is 9.47 Å². The van der Waals surface area contributed by atoms with Crippen LogP contribution in [0.15, 0.2) is 12.2 Å². The molecule has 0 aliphatic heterocycles. The fourth-order valence-corrected chi connectivity index (χ4v) is 1.55. The fourth-order valence-electron chi connectivity index (χ4n) is 1.55. The molecule has 0 atom stereocenters. The normalized spacial score (nSPS) is 10.2. The molecule has 0 unspecified atom stereocenters. The van der Waals surface area contributed by atoms with E-state index in [1.807, 2.05) is 0 Å². The standard InChI is InChI=1S/C15H29O2.BrH.Mg/c1-3-5-7-9-10-12-14-17-15-16-13-11-8-6-4-2;;/h6,8H,2-5,7,9-15H2,1H3;1H;/q-1;;+2/p-1/b8-6-;;. The monoisotopic (exact) mass is 344 g/mol. The minimum Gasteiger partial charge on any atom is -1.00 e. The predicted molar refractivity (Wildman–Crippen MR) is 79.6 cm³/mol. The number of hydrogen-bond acceptors (Lipinski definition) is 2. The second-order valence-corrected chi connectivity index (χ2v) is 4.25. The molecule has 0 radical (unpaired) electrons. The van der Waals surface area contributed by atoms with Gasteiger partial charge in [0.1, 0.15) is 6.79 Å². The maximum absolute atomic E-state index is 5.39. The first kappa shape index (κ1) is 24.9. The zero-order valence-corrected chi connectivity index (χ0v) is 15.5. The van der Waals surface area contributed by atoms with Gasteiger partial charge in [-0.15, -0.1) is 6.08 Å². The van der Waals surface area contributed by atoms with Crippen molar-refractivity contribution in [2.24, 2.45) is 0 Å². The summed E-state index contributed by atoms with van der Waals surface area (Å²) in [6.45, 7) is 7.99. The number of hydrogen-bond donors (Lipinski definition) is 0. The van der Waals surface area contributed by atoms with E-state index in [1.165, 1.54) is 32.1 Å². The molecule has 0 aromatic heterocycles. The molecule has 110 valence electrons. The van der Waals surface area contributed by atoms with E-state index in [2.05, 4.69) is 26.0 Å². The van der Waals surface area contributed by atoms with Gasteiger partial charge >= 0.3 is 23.1 Å². The summed E-state index contributed by atoms with van der Waals surface area (Å²) in [6, 6.07) is 0. The average Bonchev–Trinajstić information content (AvgIpc) is 2.35. The van der Waals surface area contributed by atoms with Crippen molar-refractivity contribution in [3.8, 4) is 0 Å². The average molecular weight is 346 g/mol. The Labute approximate surface area is 146 Å². The largest absolute Gasteiger partial charge is 2.00 e. The van der Waals surface area contributed by atoms with Gasteiger partial charge < -0.3 is 33.4 Å². The molecule has 0 bridgehead atoms. The summed E-state index contributed by atoms with van der Waals surface area (Å²) >= 11 is 0. The third-order valence-corrected chi connectivity index (χ3v) is 2.57. The van der Waals surface area contributed by atoms with Gasteiger partial charge in [-0.25, -0.2) is 0 Å². The smallest absolute Gasteiger partial charge is 1.00 e. The number of halogens is 1. The van der Waals surface area contributed by atoms with Crippen LogP contribution >= 0.6 is 0 Å². The number of rotatable bonds is 13. The second kappa shape index (κ2) is 24.0. The van der Waals surface area contributed by atoms with Gasteiger partial charge in [0.15, 0.2) is 0 Å². The SMILES string of the molecule is [Br-].[CH2-]C/C=C\CCOCOCCCCCCCC.[Mg+2]. The van der Waals surface area contributed by atoms with Gasteiger partial charge in [0.05, 0.1) is 6.61 Å². The zero-order valence-electron chi connectivity index (χ0n) is 12.5. The number of ether oxygens (including phenoxy) is 2. The molecule has 4 heteroatoms. The summed E-state index contributed by atoms with van der Waals surface area (Å²) in [5.74, 6) is 0. The molecular formula is C15H29BrMgO2. The molecule has 0 saturated heterocycles. The van der Waals surface area contributed by atoms with Crippen LogP contribution in [0.5, 0.6) is 0 Å². The van der Waals surface area contributed by atoms with Gasteiger partial charge in [-0.2, -0.15) is 6.42 Å². The Morgan fingerprint density at radius 2 is 1.53 bits per heavy atom. The van der Waals surface area contributed by atoms with Crippen LogP contribution in [0.4, 0.5) is 0 Å². The van der Waals surface area contributed by atoms with Crippen molar-refractivity contribution < 1.29 is 26.5 Å². The Hall–Kier alpha value is 0.906. The Morgan fingerprint density at radius 1 is 0.895 bits per heavy atom. The Bertz CT molecular complexity index is 166. The molecule has 0 rings (SSSR count). The van der Waals surface area contributed by atoms with E-state index in [0.29, 0.717) is 6.79 Å². The fraction of sp³-hybridized carbons (Fsp3) is 0.800. The zero-order chi connectivity index (χ0) is 12.6. The molecule has 0 aliphatic rings. The Kier molecular flexibility index (Phi) is 31.4. The van der Waals surface area contributed by atoms with Gasteiger partial charge in [0.2, 0.25) is 0 Å². The molecule has 0 fully saturated rings. The van der Waals surface area contributed by atoms with Crippen LogP contribution in [0, 0.1) is 6.92 Å². The maximum Gasteiger partial charge on any atom is 2.00 e. The molecule has 0 saturated carbocycles. The third kappa shape index (κ3) is 24.3. The minimum absolute atomic E-state index is 0. The van der Waals surface area contributed by atoms with Crippen LogP contribution < -0.4 is 17.0 Å². The van der Waals surface area contributed by atoms with Gasteiger partial charge in [-0.1, -0.05) is 45.1 Å². The van der Waals surface area contributed by atoms with Crippen molar-refractivity contribution in [3.63, 3.8) is 0 Å². The van der Waals surface area contributed by atoms with Crippen LogP contribution in [0.2, 0.25) is 0 Å². The molecule has 0 heterocycles. The number of unbranched alkanes of at least 4 members (excludes halogenated alkanes) is 5. The van der Waals surface area contributed by atoms with E-state index in [9.17, 15) is 0 Å². The summed E-state index contributed by atoms with van der Waals surface area (Å²) in [7, 11) is 0. The topological polar surface area (TPSA) is 18.5 Å². The van der Waals surface area contributed by atoms with Gasteiger partial charge in [0, 0.05) is 6.61 Å². The molecule has 0 aromatic rings. The number of allylic oxidation sites excluding steroid dienone is 1. The van der Waals surface area contributed by atoms with Crippen molar-refractivity contribution >= 4 is 23.1 Å². The van der Waals surface area contributed by atoms with E-state index >= 15 is 0 Å². The van der Waals surface area contributed by atoms with Crippen molar-refractivity contribution in [2.75, 3.05) is 20.0 Å². The predicted octanol–water partition coefficient (Wildman–Crippen LogP) is 1.13. The summed E-state index contributed by atoms with van der Waals surface area (Å²) in [5, 5.41) is 0. The maximum atomic E-state index is 5.39. The van der Waals surface area contributed by atoms with Gasteiger partial charge in [-0.3, -0.25) is 0 Å². The summed E-state index contributed by atoms with van der Waals surface area (Å²) < 4.78 is 10.7. The van der Waals surface area contributed by atoms with Crippen molar-refractivity contribution in [2.45, 2.75) is 58.3 Å². The molecule has 0 spiro atoms. The molecule has 19 heavy (non-hydrogen) atoms. The minimum atomic E-state index is 0. The third-order valence-electron chi connectivity index (χ3n) is 2.57. The van der Waals surface area contributed by atoms with Crippen LogP contribution in [0.25, 0.3) is 0 Å². The summed E-state index contributed by atoms with van der Waals surface area (Å²) in [6.07, 6.45) is 13.8. The Morgan fingerprint density at radius 3 is 2.21 bits per heavy atom.